The van der Waals surface area contributed by atoms with Gasteiger partial charge in [0.1, 0.15) is 5.82 Å². The van der Waals surface area contributed by atoms with Crippen molar-refractivity contribution in [3.05, 3.63) is 66.0 Å². The first-order chi connectivity index (χ1) is 13.3. The van der Waals surface area contributed by atoms with Crippen LogP contribution in [0.3, 0.4) is 0 Å². The third kappa shape index (κ3) is 5.19. The maximum absolute atomic E-state index is 13.0. The molecule has 0 saturated carbocycles. The molecule has 0 atom stereocenters. The van der Waals surface area contributed by atoms with E-state index in [9.17, 15) is 9.18 Å². The minimum Gasteiger partial charge on any atom is -0.411 e. The Hall–Kier alpha value is -2.67. The summed E-state index contributed by atoms with van der Waals surface area (Å²) in [5.41, 5.74) is 1.39. The van der Waals surface area contributed by atoms with Crippen LogP contribution in [0.15, 0.2) is 64.2 Å². The lowest BCUT2D eigenvalue weighted by atomic mass is 10.0. The van der Waals surface area contributed by atoms with E-state index in [4.69, 9.17) is 4.42 Å². The first kappa shape index (κ1) is 20.1. The maximum atomic E-state index is 13.0. The molecular formula is C21H22FN3O2S. The number of rotatable bonds is 6. The van der Waals surface area contributed by atoms with Crippen LogP contribution in [0, 0.1) is 5.82 Å². The number of benzene rings is 2. The van der Waals surface area contributed by atoms with Crippen molar-refractivity contribution in [3.8, 4) is 11.5 Å². The highest BCUT2D eigenvalue weighted by Crippen LogP contribution is 2.25. The van der Waals surface area contributed by atoms with E-state index in [1.54, 1.807) is 12.1 Å². The van der Waals surface area contributed by atoms with E-state index in [0.29, 0.717) is 23.2 Å². The van der Waals surface area contributed by atoms with Crippen molar-refractivity contribution in [1.82, 2.24) is 15.1 Å². The molecule has 5 nitrogen and oxygen atoms in total. The fourth-order valence-corrected chi connectivity index (χ4v) is 3.28. The minimum atomic E-state index is -0.329. The van der Waals surface area contributed by atoms with Crippen molar-refractivity contribution in [2.45, 2.75) is 38.1 Å². The summed E-state index contributed by atoms with van der Waals surface area (Å²) in [7, 11) is 0. The molecule has 146 valence electrons. The molecule has 7 heteroatoms. The molecule has 0 spiro atoms. The molecule has 0 aliphatic rings. The Labute approximate surface area is 168 Å². The molecule has 28 heavy (non-hydrogen) atoms. The van der Waals surface area contributed by atoms with Crippen molar-refractivity contribution >= 4 is 17.7 Å². The van der Waals surface area contributed by atoms with Crippen LogP contribution in [0.25, 0.3) is 11.5 Å². The molecule has 0 unspecified atom stereocenters. The fourth-order valence-electron chi connectivity index (χ4n) is 2.64. The summed E-state index contributed by atoms with van der Waals surface area (Å²) in [6, 6.07) is 15.7. The molecule has 2 aromatic carbocycles. The fraction of sp³-hybridized carbons (Fsp3) is 0.286. The van der Waals surface area contributed by atoms with Crippen molar-refractivity contribution < 1.29 is 13.6 Å². The first-order valence-electron chi connectivity index (χ1n) is 8.89. The van der Waals surface area contributed by atoms with Gasteiger partial charge in [-0.05, 0) is 50.6 Å². The van der Waals surface area contributed by atoms with Gasteiger partial charge in [0.2, 0.25) is 11.8 Å². The smallest absolute Gasteiger partial charge is 0.277 e. The summed E-state index contributed by atoms with van der Waals surface area (Å²) in [6.07, 6.45) is 0. The van der Waals surface area contributed by atoms with Crippen molar-refractivity contribution in [2.24, 2.45) is 0 Å². The van der Waals surface area contributed by atoms with Gasteiger partial charge < -0.3 is 9.32 Å². The third-order valence-corrected chi connectivity index (χ3v) is 4.91. The lowest BCUT2D eigenvalue weighted by Crippen LogP contribution is -2.45. The lowest BCUT2D eigenvalue weighted by molar-refractivity contribution is -0.133. The van der Waals surface area contributed by atoms with E-state index in [1.165, 1.54) is 23.9 Å². The van der Waals surface area contributed by atoms with E-state index in [1.807, 2.05) is 56.0 Å². The minimum absolute atomic E-state index is 0.0112. The predicted octanol–water partition coefficient (Wildman–Crippen LogP) is 4.80. The first-order valence-corrected chi connectivity index (χ1v) is 9.88. The van der Waals surface area contributed by atoms with Crippen LogP contribution in [-0.2, 0) is 11.3 Å². The van der Waals surface area contributed by atoms with E-state index >= 15 is 0 Å². The van der Waals surface area contributed by atoms with E-state index in [2.05, 4.69) is 10.2 Å². The van der Waals surface area contributed by atoms with Gasteiger partial charge in [-0.1, -0.05) is 42.1 Å². The average Bonchev–Trinajstić information content (AvgIpc) is 3.14. The SMILES string of the molecule is CC(C)(C)N(Cc1ccccc1)C(=O)CSc1nnc(-c2ccc(F)cc2)o1. The zero-order valence-electron chi connectivity index (χ0n) is 16.1. The van der Waals surface area contributed by atoms with Crippen LogP contribution in [0.5, 0.6) is 0 Å². The third-order valence-electron chi connectivity index (χ3n) is 4.11. The lowest BCUT2D eigenvalue weighted by Gasteiger charge is -2.35. The van der Waals surface area contributed by atoms with E-state index in [-0.39, 0.29) is 23.0 Å². The van der Waals surface area contributed by atoms with Crippen LogP contribution < -0.4 is 0 Å². The molecule has 0 aliphatic carbocycles. The summed E-state index contributed by atoms with van der Waals surface area (Å²) < 4.78 is 18.6. The molecule has 1 heterocycles. The number of nitrogens with zero attached hydrogens (tertiary/aromatic N) is 3. The Morgan fingerprint density at radius 1 is 1.07 bits per heavy atom. The van der Waals surface area contributed by atoms with Gasteiger partial charge >= 0.3 is 0 Å². The topological polar surface area (TPSA) is 59.2 Å². The molecule has 3 aromatic rings. The van der Waals surface area contributed by atoms with Gasteiger partial charge in [-0.15, -0.1) is 10.2 Å². The van der Waals surface area contributed by atoms with Crippen LogP contribution >= 0.6 is 11.8 Å². The molecular weight excluding hydrogens is 377 g/mol. The Bertz CT molecular complexity index is 921. The molecule has 0 saturated heterocycles. The van der Waals surface area contributed by atoms with Crippen LogP contribution in [0.1, 0.15) is 26.3 Å². The monoisotopic (exact) mass is 399 g/mol. The number of amides is 1. The van der Waals surface area contributed by atoms with Crippen LogP contribution in [0.2, 0.25) is 0 Å². The highest BCUT2D eigenvalue weighted by molar-refractivity contribution is 7.99. The standard InChI is InChI=1S/C21H22FN3O2S/c1-21(2,3)25(13-15-7-5-4-6-8-15)18(26)14-28-20-24-23-19(27-20)16-9-11-17(22)12-10-16/h4-12H,13-14H2,1-3H3. The number of hydrogen-bond donors (Lipinski definition) is 0. The van der Waals surface area contributed by atoms with Crippen molar-refractivity contribution in [3.63, 3.8) is 0 Å². The summed E-state index contributed by atoms with van der Waals surface area (Å²) in [6.45, 7) is 6.57. The van der Waals surface area contributed by atoms with Gasteiger partial charge in [0.25, 0.3) is 5.22 Å². The van der Waals surface area contributed by atoms with Crippen molar-refractivity contribution in [2.75, 3.05) is 5.75 Å². The van der Waals surface area contributed by atoms with Gasteiger partial charge in [-0.3, -0.25) is 4.79 Å². The molecule has 0 bridgehead atoms. The number of hydrogen-bond acceptors (Lipinski definition) is 5. The number of halogens is 1. The molecule has 0 fully saturated rings. The Balaban J connectivity index is 1.65. The Morgan fingerprint density at radius 3 is 2.39 bits per heavy atom. The summed E-state index contributed by atoms with van der Waals surface area (Å²) in [5, 5.41) is 8.25. The van der Waals surface area contributed by atoms with Crippen LogP contribution in [0.4, 0.5) is 4.39 Å². The molecule has 0 aliphatic heterocycles. The van der Waals surface area contributed by atoms with E-state index in [0.717, 1.165) is 5.56 Å². The average molecular weight is 399 g/mol. The second kappa shape index (κ2) is 8.56. The second-order valence-electron chi connectivity index (χ2n) is 7.30. The molecule has 1 aromatic heterocycles. The number of carbonyl (C=O) groups is 1. The Kier molecular flexibility index (Phi) is 6.14. The zero-order valence-corrected chi connectivity index (χ0v) is 16.9. The van der Waals surface area contributed by atoms with Crippen molar-refractivity contribution in [1.29, 1.82) is 0 Å². The highest BCUT2D eigenvalue weighted by Gasteiger charge is 2.27. The van der Waals surface area contributed by atoms with Gasteiger partial charge in [0.15, 0.2) is 0 Å². The predicted molar refractivity (Wildman–Crippen MR) is 107 cm³/mol. The number of aromatic nitrogens is 2. The molecule has 1 amide bonds. The molecule has 0 N–H and O–H groups in total. The van der Waals surface area contributed by atoms with Crippen LogP contribution in [-0.4, -0.2) is 32.3 Å². The number of carbonyl (C=O) groups excluding carboxylic acids is 1. The molecule has 0 radical (unpaired) electrons. The van der Waals surface area contributed by atoms with Gasteiger partial charge in [0.05, 0.1) is 5.75 Å². The number of thioether (sulfide) groups is 1. The normalized spacial score (nSPS) is 11.4. The second-order valence-corrected chi connectivity index (χ2v) is 8.23. The zero-order chi connectivity index (χ0) is 20.1. The van der Waals surface area contributed by atoms with Gasteiger partial charge in [0, 0.05) is 17.6 Å². The largest absolute Gasteiger partial charge is 0.411 e. The Morgan fingerprint density at radius 2 is 1.75 bits per heavy atom. The van der Waals surface area contributed by atoms with E-state index < -0.39 is 0 Å². The quantitative estimate of drug-likeness (QED) is 0.558. The van der Waals surface area contributed by atoms with Gasteiger partial charge in [-0.2, -0.15) is 0 Å². The summed E-state index contributed by atoms with van der Waals surface area (Å²) in [4.78, 5) is 14.7. The highest BCUT2D eigenvalue weighted by atomic mass is 32.2. The summed E-state index contributed by atoms with van der Waals surface area (Å²) >= 11 is 1.20. The molecule has 3 rings (SSSR count). The van der Waals surface area contributed by atoms with Gasteiger partial charge in [-0.25, -0.2) is 4.39 Å². The summed E-state index contributed by atoms with van der Waals surface area (Å²) in [5.74, 6) is 0.147. The maximum Gasteiger partial charge on any atom is 0.277 e.